The maximum atomic E-state index is 12.9. The van der Waals surface area contributed by atoms with Crippen LogP contribution in [0.2, 0.25) is 0 Å². The molecular weight excluding hydrogens is 394 g/mol. The van der Waals surface area contributed by atoms with Crippen molar-refractivity contribution < 1.29 is 14.3 Å². The minimum absolute atomic E-state index is 0.0102. The van der Waals surface area contributed by atoms with Crippen LogP contribution in [0.5, 0.6) is 5.75 Å². The molecule has 0 N–H and O–H groups in total. The van der Waals surface area contributed by atoms with Crippen LogP contribution in [0.1, 0.15) is 47.8 Å². The van der Waals surface area contributed by atoms with Crippen molar-refractivity contribution in [3.8, 4) is 11.6 Å². The standard InChI is InChI=1S/C23H25N5O3/c1-14-10-11-24-19(12-14)28-23(25-15(2)26-28)22-21(16-4-8-18(30-3)9-5-16)27(17-6-7-17)20(29)13-31-22/h4-5,8-12,17,21-22H,6-7,13H2,1-3H3/t21-,22+/m1/s1. The van der Waals surface area contributed by atoms with Crippen molar-refractivity contribution in [3.63, 3.8) is 0 Å². The topological polar surface area (TPSA) is 82.4 Å². The molecule has 8 nitrogen and oxygen atoms in total. The first-order valence-electron chi connectivity index (χ1n) is 10.5. The first-order valence-corrected chi connectivity index (χ1v) is 10.5. The summed E-state index contributed by atoms with van der Waals surface area (Å²) in [4.78, 5) is 24.1. The van der Waals surface area contributed by atoms with Gasteiger partial charge in [0.1, 0.15) is 24.3 Å². The van der Waals surface area contributed by atoms with Crippen LogP contribution in [0.4, 0.5) is 0 Å². The van der Waals surface area contributed by atoms with E-state index in [4.69, 9.17) is 14.5 Å². The SMILES string of the molecule is COc1ccc([C@@H]2[C@@H](c3nc(C)nn3-c3cc(C)ccn3)OCC(=O)N2C2CC2)cc1. The maximum absolute atomic E-state index is 12.9. The number of hydrogen-bond acceptors (Lipinski definition) is 6. The molecule has 0 bridgehead atoms. The Morgan fingerprint density at radius 3 is 2.58 bits per heavy atom. The number of carbonyl (C=O) groups excluding carboxylic acids is 1. The molecule has 5 rings (SSSR count). The third kappa shape index (κ3) is 3.67. The van der Waals surface area contributed by atoms with Crippen LogP contribution in [0.25, 0.3) is 5.82 Å². The number of morpholine rings is 1. The lowest BCUT2D eigenvalue weighted by molar-refractivity contribution is -0.160. The molecule has 1 saturated carbocycles. The largest absolute Gasteiger partial charge is 0.497 e. The Morgan fingerprint density at radius 2 is 1.90 bits per heavy atom. The van der Waals surface area contributed by atoms with Crippen LogP contribution < -0.4 is 4.74 Å². The second-order valence-electron chi connectivity index (χ2n) is 8.10. The number of carbonyl (C=O) groups is 1. The van der Waals surface area contributed by atoms with Crippen molar-refractivity contribution in [2.75, 3.05) is 13.7 Å². The van der Waals surface area contributed by atoms with Gasteiger partial charge in [0.25, 0.3) is 0 Å². The fraction of sp³-hybridized carbons (Fsp3) is 0.391. The van der Waals surface area contributed by atoms with Crippen molar-refractivity contribution in [1.82, 2.24) is 24.6 Å². The normalized spacial score (nSPS) is 21.4. The highest BCUT2D eigenvalue weighted by molar-refractivity contribution is 5.79. The molecule has 1 amide bonds. The van der Waals surface area contributed by atoms with Gasteiger partial charge in [-0.1, -0.05) is 12.1 Å². The summed E-state index contributed by atoms with van der Waals surface area (Å²) < 4.78 is 13.2. The lowest BCUT2D eigenvalue weighted by Crippen LogP contribution is -2.47. The average molecular weight is 419 g/mol. The van der Waals surface area contributed by atoms with Gasteiger partial charge in [0.05, 0.1) is 13.2 Å². The van der Waals surface area contributed by atoms with Gasteiger partial charge in [-0.05, 0) is 62.1 Å². The molecule has 2 atom stereocenters. The third-order valence-electron chi connectivity index (χ3n) is 5.77. The number of amides is 1. The number of aryl methyl sites for hydroxylation is 2. The summed E-state index contributed by atoms with van der Waals surface area (Å²) in [7, 11) is 1.64. The van der Waals surface area contributed by atoms with Gasteiger partial charge in [0, 0.05) is 12.2 Å². The van der Waals surface area contributed by atoms with E-state index in [1.807, 2.05) is 55.1 Å². The van der Waals surface area contributed by atoms with Crippen LogP contribution in [-0.2, 0) is 9.53 Å². The summed E-state index contributed by atoms with van der Waals surface area (Å²) in [6.45, 7) is 3.89. The van der Waals surface area contributed by atoms with Gasteiger partial charge in [-0.2, -0.15) is 4.68 Å². The highest BCUT2D eigenvalue weighted by Gasteiger charge is 2.47. The number of aromatic nitrogens is 4. The van der Waals surface area contributed by atoms with Crippen molar-refractivity contribution in [1.29, 1.82) is 0 Å². The quantitative estimate of drug-likeness (QED) is 0.632. The average Bonchev–Trinajstić information content (AvgIpc) is 3.54. The zero-order chi connectivity index (χ0) is 21.5. The highest BCUT2D eigenvalue weighted by atomic mass is 16.5. The molecule has 31 heavy (non-hydrogen) atoms. The van der Waals surface area contributed by atoms with Gasteiger partial charge in [-0.3, -0.25) is 4.79 Å². The predicted molar refractivity (Wildman–Crippen MR) is 113 cm³/mol. The lowest BCUT2D eigenvalue weighted by atomic mass is 9.96. The van der Waals surface area contributed by atoms with E-state index in [1.54, 1.807) is 18.0 Å². The highest BCUT2D eigenvalue weighted by Crippen LogP contribution is 2.45. The molecule has 0 spiro atoms. The summed E-state index contributed by atoms with van der Waals surface area (Å²) in [5, 5.41) is 4.60. The molecule has 1 aromatic carbocycles. The van der Waals surface area contributed by atoms with E-state index in [0.29, 0.717) is 17.5 Å². The van der Waals surface area contributed by atoms with Crippen molar-refractivity contribution in [2.45, 2.75) is 44.9 Å². The molecule has 0 radical (unpaired) electrons. The van der Waals surface area contributed by atoms with Crippen LogP contribution >= 0.6 is 0 Å². The second-order valence-corrected chi connectivity index (χ2v) is 8.10. The Labute approximate surface area is 180 Å². The van der Waals surface area contributed by atoms with E-state index in [1.165, 1.54) is 0 Å². The first kappa shape index (κ1) is 19.7. The summed E-state index contributed by atoms with van der Waals surface area (Å²) in [6.07, 6.45) is 3.32. The fourth-order valence-electron chi connectivity index (χ4n) is 4.18. The molecule has 2 aromatic heterocycles. The minimum Gasteiger partial charge on any atom is -0.497 e. The fourth-order valence-corrected chi connectivity index (χ4v) is 4.18. The van der Waals surface area contributed by atoms with E-state index in [2.05, 4.69) is 10.1 Å². The summed E-state index contributed by atoms with van der Waals surface area (Å²) in [5.74, 6) is 2.74. The van der Waals surface area contributed by atoms with Crippen molar-refractivity contribution in [2.24, 2.45) is 0 Å². The number of nitrogens with zero attached hydrogens (tertiary/aromatic N) is 5. The number of benzene rings is 1. The maximum Gasteiger partial charge on any atom is 0.249 e. The van der Waals surface area contributed by atoms with Gasteiger partial charge in [-0.25, -0.2) is 9.97 Å². The Bertz CT molecular complexity index is 1110. The zero-order valence-electron chi connectivity index (χ0n) is 17.9. The van der Waals surface area contributed by atoms with E-state index < -0.39 is 6.10 Å². The number of ether oxygens (including phenoxy) is 2. The van der Waals surface area contributed by atoms with Gasteiger partial charge >= 0.3 is 0 Å². The van der Waals surface area contributed by atoms with E-state index in [0.717, 1.165) is 29.7 Å². The van der Waals surface area contributed by atoms with Gasteiger partial charge < -0.3 is 14.4 Å². The lowest BCUT2D eigenvalue weighted by Gasteiger charge is -2.41. The van der Waals surface area contributed by atoms with E-state index in [9.17, 15) is 4.79 Å². The Kier molecular flexibility index (Phi) is 4.94. The molecule has 1 aliphatic carbocycles. The molecule has 2 aliphatic rings. The zero-order valence-corrected chi connectivity index (χ0v) is 17.9. The molecule has 1 aliphatic heterocycles. The molecule has 0 unspecified atom stereocenters. The molecule has 160 valence electrons. The smallest absolute Gasteiger partial charge is 0.249 e. The number of methoxy groups -OCH3 is 1. The number of hydrogen-bond donors (Lipinski definition) is 0. The Morgan fingerprint density at radius 1 is 1.13 bits per heavy atom. The van der Waals surface area contributed by atoms with Crippen LogP contribution in [0.15, 0.2) is 42.6 Å². The minimum atomic E-state index is -0.463. The molecule has 3 aromatic rings. The van der Waals surface area contributed by atoms with Crippen LogP contribution in [0.3, 0.4) is 0 Å². The number of pyridine rings is 1. The molecule has 2 fully saturated rings. The van der Waals surface area contributed by atoms with Crippen LogP contribution in [0, 0.1) is 13.8 Å². The van der Waals surface area contributed by atoms with E-state index in [-0.39, 0.29) is 24.6 Å². The third-order valence-corrected chi connectivity index (χ3v) is 5.77. The first-order chi connectivity index (χ1) is 15.0. The Balaban J connectivity index is 1.62. The van der Waals surface area contributed by atoms with Crippen molar-refractivity contribution in [3.05, 3.63) is 65.4 Å². The summed E-state index contributed by atoms with van der Waals surface area (Å²) >= 11 is 0. The van der Waals surface area contributed by atoms with E-state index >= 15 is 0 Å². The molecular formula is C23H25N5O3. The van der Waals surface area contributed by atoms with Gasteiger partial charge in [0.2, 0.25) is 5.91 Å². The number of rotatable bonds is 5. The second kappa shape index (κ2) is 7.77. The Hall–Kier alpha value is -3.26. The molecule has 3 heterocycles. The summed E-state index contributed by atoms with van der Waals surface area (Å²) in [6, 6.07) is 11.7. The van der Waals surface area contributed by atoms with Crippen molar-refractivity contribution >= 4 is 5.91 Å². The molecule has 1 saturated heterocycles. The van der Waals surface area contributed by atoms with Gasteiger partial charge in [-0.15, -0.1) is 5.10 Å². The van der Waals surface area contributed by atoms with Gasteiger partial charge in [0.15, 0.2) is 11.6 Å². The predicted octanol–water partition coefficient (Wildman–Crippen LogP) is 3.09. The monoisotopic (exact) mass is 419 g/mol. The molecule has 8 heteroatoms. The van der Waals surface area contributed by atoms with Crippen LogP contribution in [-0.4, -0.2) is 50.3 Å². The summed E-state index contributed by atoms with van der Waals surface area (Å²) in [5.41, 5.74) is 2.06.